The van der Waals surface area contributed by atoms with Crippen molar-refractivity contribution >= 4 is 26.8 Å². The number of H-pyrrole nitrogens is 1. The molecule has 1 saturated carbocycles. The van der Waals surface area contributed by atoms with E-state index in [1.165, 1.54) is 18.2 Å². The predicted octanol–water partition coefficient (Wildman–Crippen LogP) is 3.16. The van der Waals surface area contributed by atoms with Crippen LogP contribution >= 0.6 is 0 Å². The van der Waals surface area contributed by atoms with Crippen molar-refractivity contribution in [1.29, 1.82) is 0 Å². The minimum atomic E-state index is -3.47. The second-order valence-corrected chi connectivity index (χ2v) is 9.59. The molecule has 31 heavy (non-hydrogen) atoms. The summed E-state index contributed by atoms with van der Waals surface area (Å²) in [6, 6.07) is 7.58. The molecule has 2 aromatic carbocycles. The van der Waals surface area contributed by atoms with Crippen LogP contribution in [0.15, 0.2) is 36.4 Å². The van der Waals surface area contributed by atoms with Gasteiger partial charge in [-0.25, -0.2) is 26.3 Å². The predicted molar refractivity (Wildman–Crippen MR) is 110 cm³/mol. The molecule has 1 fully saturated rings. The first-order valence-corrected chi connectivity index (χ1v) is 11.5. The number of nitrogens with one attached hydrogen (secondary N) is 3. The van der Waals surface area contributed by atoms with Crippen LogP contribution in [0.1, 0.15) is 24.3 Å². The molecule has 3 aromatic rings. The molecule has 164 valence electrons. The Morgan fingerprint density at radius 1 is 1.10 bits per heavy atom. The molecule has 0 radical (unpaired) electrons. The normalized spacial score (nSPS) is 18.7. The average molecular weight is 451 g/mol. The molecule has 1 aromatic heterocycles. The highest BCUT2D eigenvalue weighted by atomic mass is 32.2. The summed E-state index contributed by atoms with van der Waals surface area (Å²) in [4.78, 5) is 14.9. The van der Waals surface area contributed by atoms with Crippen LogP contribution in [0, 0.1) is 17.5 Å². The number of amides is 1. The summed E-state index contributed by atoms with van der Waals surface area (Å²) in [5.74, 6) is -2.38. The molecule has 10 heteroatoms. The van der Waals surface area contributed by atoms with Gasteiger partial charge in [-0.2, -0.15) is 0 Å². The fraction of sp³-hybridized carbons (Fsp3) is 0.286. The fourth-order valence-corrected chi connectivity index (χ4v) is 4.35. The van der Waals surface area contributed by atoms with E-state index >= 15 is 0 Å². The van der Waals surface area contributed by atoms with Crippen molar-refractivity contribution < 1.29 is 26.4 Å². The highest BCUT2D eigenvalue weighted by molar-refractivity contribution is 7.88. The molecule has 0 bridgehead atoms. The van der Waals surface area contributed by atoms with E-state index in [0.717, 1.165) is 12.3 Å². The van der Waals surface area contributed by atoms with E-state index in [1.54, 1.807) is 12.1 Å². The summed E-state index contributed by atoms with van der Waals surface area (Å²) in [5, 5.41) is 3.15. The van der Waals surface area contributed by atoms with E-state index in [0.29, 0.717) is 35.0 Å². The molecule has 6 nitrogen and oxygen atoms in total. The Morgan fingerprint density at radius 2 is 1.77 bits per heavy atom. The van der Waals surface area contributed by atoms with Gasteiger partial charge in [0.25, 0.3) is 0 Å². The lowest BCUT2D eigenvalue weighted by Crippen LogP contribution is -2.47. The first-order valence-electron chi connectivity index (χ1n) is 9.61. The number of benzene rings is 2. The molecule has 4 rings (SSSR count). The maximum Gasteiger partial charge on any atom is 0.235 e. The maximum atomic E-state index is 14.4. The first-order chi connectivity index (χ1) is 14.6. The first kappa shape index (κ1) is 21.4. The Morgan fingerprint density at radius 3 is 2.42 bits per heavy atom. The van der Waals surface area contributed by atoms with Crippen LogP contribution in [0.3, 0.4) is 0 Å². The summed E-state index contributed by atoms with van der Waals surface area (Å²) in [7, 11) is -3.47. The lowest BCUT2D eigenvalue weighted by molar-refractivity contribution is -0.121. The quantitative estimate of drug-likeness (QED) is 0.538. The van der Waals surface area contributed by atoms with E-state index in [4.69, 9.17) is 0 Å². The van der Waals surface area contributed by atoms with Crippen LogP contribution in [0.4, 0.5) is 13.2 Å². The molecule has 1 amide bonds. The van der Waals surface area contributed by atoms with Crippen molar-refractivity contribution in [3.8, 4) is 11.3 Å². The molecule has 0 atom stereocenters. The van der Waals surface area contributed by atoms with Gasteiger partial charge in [0.2, 0.25) is 15.9 Å². The third-order valence-corrected chi connectivity index (χ3v) is 6.07. The number of fused-ring (bicyclic) bond motifs is 1. The molecule has 1 aliphatic rings. The summed E-state index contributed by atoms with van der Waals surface area (Å²) in [6.45, 7) is -0.357. The summed E-state index contributed by atoms with van der Waals surface area (Å²) in [5.41, 5.74) is 2.09. The number of carbonyl (C=O) groups excluding carboxylic acids is 1. The zero-order valence-corrected chi connectivity index (χ0v) is 17.3. The van der Waals surface area contributed by atoms with Crippen LogP contribution in [-0.2, 0) is 14.8 Å². The van der Waals surface area contributed by atoms with Crippen molar-refractivity contribution in [1.82, 2.24) is 15.0 Å². The number of hydrogen-bond acceptors (Lipinski definition) is 3. The molecule has 1 aliphatic carbocycles. The summed E-state index contributed by atoms with van der Waals surface area (Å²) >= 11 is 0. The van der Waals surface area contributed by atoms with Gasteiger partial charge in [0.15, 0.2) is 0 Å². The number of aromatic nitrogens is 1. The van der Waals surface area contributed by atoms with Crippen molar-refractivity contribution in [2.75, 3.05) is 12.8 Å². The third kappa shape index (κ3) is 4.59. The Balaban J connectivity index is 1.59. The number of hydrogen-bond donors (Lipinski definition) is 3. The second-order valence-electron chi connectivity index (χ2n) is 7.76. The van der Waals surface area contributed by atoms with E-state index in [-0.39, 0.29) is 24.0 Å². The van der Waals surface area contributed by atoms with Crippen molar-refractivity contribution in [3.63, 3.8) is 0 Å². The number of rotatable bonds is 6. The van der Waals surface area contributed by atoms with Gasteiger partial charge in [-0.1, -0.05) is 0 Å². The molecular weight excluding hydrogens is 431 g/mol. The molecular formula is C21H20F3N3O3S. The minimum Gasteiger partial charge on any atom is -0.352 e. The largest absolute Gasteiger partial charge is 0.352 e. The van der Waals surface area contributed by atoms with Crippen LogP contribution in [-0.4, -0.2) is 38.2 Å². The summed E-state index contributed by atoms with van der Waals surface area (Å²) < 4.78 is 66.0. The zero-order chi connectivity index (χ0) is 22.3. The third-order valence-electron chi connectivity index (χ3n) is 5.40. The average Bonchev–Trinajstić information content (AvgIpc) is 3.02. The lowest BCUT2D eigenvalue weighted by atomic mass is 9.74. The van der Waals surface area contributed by atoms with Crippen molar-refractivity contribution in [3.05, 3.63) is 59.4 Å². The zero-order valence-electron chi connectivity index (χ0n) is 16.5. The van der Waals surface area contributed by atoms with Gasteiger partial charge in [-0.15, -0.1) is 0 Å². The maximum absolute atomic E-state index is 14.4. The highest BCUT2D eigenvalue weighted by Crippen LogP contribution is 2.45. The standard InChI is InChI=1S/C21H20F3N3O3S/c1-31(29,30)25-10-18(28)26-15-6-12(7-15)19-16-8-14(23)9-17(24)21(16)27-20(19)11-2-4-13(22)5-3-11/h2-5,8-9,12,15,25,27H,6-7,10H2,1H3,(H,26,28)/t12-,15+. The lowest BCUT2D eigenvalue weighted by Gasteiger charge is -2.36. The Labute approximate surface area is 176 Å². The van der Waals surface area contributed by atoms with E-state index in [2.05, 4.69) is 15.0 Å². The minimum absolute atomic E-state index is 0.0943. The van der Waals surface area contributed by atoms with Gasteiger partial charge < -0.3 is 10.3 Å². The van der Waals surface area contributed by atoms with Gasteiger partial charge in [0.1, 0.15) is 17.5 Å². The Hall–Kier alpha value is -2.85. The molecule has 1 heterocycles. The van der Waals surface area contributed by atoms with Gasteiger partial charge in [0.05, 0.1) is 24.0 Å². The van der Waals surface area contributed by atoms with Crippen LogP contribution in [0.2, 0.25) is 0 Å². The number of aromatic amines is 1. The van der Waals surface area contributed by atoms with E-state index in [9.17, 15) is 26.4 Å². The van der Waals surface area contributed by atoms with Crippen molar-refractivity contribution in [2.24, 2.45) is 0 Å². The summed E-state index contributed by atoms with van der Waals surface area (Å²) in [6.07, 6.45) is 2.00. The molecule has 0 spiro atoms. The second kappa shape index (κ2) is 8.01. The number of carbonyl (C=O) groups is 1. The fourth-order valence-electron chi connectivity index (χ4n) is 3.96. The van der Waals surface area contributed by atoms with Gasteiger partial charge in [0, 0.05) is 17.5 Å². The topological polar surface area (TPSA) is 91.1 Å². The van der Waals surface area contributed by atoms with Crippen LogP contribution < -0.4 is 10.0 Å². The van der Waals surface area contributed by atoms with E-state index in [1.807, 2.05) is 0 Å². The Kier molecular flexibility index (Phi) is 5.52. The molecule has 0 aliphatic heterocycles. The number of sulfonamides is 1. The smallest absolute Gasteiger partial charge is 0.235 e. The van der Waals surface area contributed by atoms with E-state index < -0.39 is 33.4 Å². The SMILES string of the molecule is CS(=O)(=O)NCC(=O)N[C@H]1C[C@@H](c2c(-c3ccc(F)cc3)[nH]c3c(F)cc(F)cc32)C1. The molecule has 0 saturated heterocycles. The van der Waals surface area contributed by atoms with Gasteiger partial charge in [-0.05, 0) is 60.2 Å². The Bertz CT molecular complexity index is 1250. The molecule has 0 unspecified atom stereocenters. The monoisotopic (exact) mass is 451 g/mol. The molecule has 3 N–H and O–H groups in total. The van der Waals surface area contributed by atoms with Crippen LogP contribution in [0.5, 0.6) is 0 Å². The highest BCUT2D eigenvalue weighted by Gasteiger charge is 2.35. The number of halogens is 3. The van der Waals surface area contributed by atoms with Crippen LogP contribution in [0.25, 0.3) is 22.2 Å². The van der Waals surface area contributed by atoms with Gasteiger partial charge in [-0.3, -0.25) is 4.79 Å². The van der Waals surface area contributed by atoms with Crippen molar-refractivity contribution in [2.45, 2.75) is 24.8 Å². The van der Waals surface area contributed by atoms with Gasteiger partial charge >= 0.3 is 0 Å².